The monoisotopic (exact) mass is 270 g/mol. The van der Waals surface area contributed by atoms with E-state index in [1.807, 2.05) is 6.20 Å². The van der Waals surface area contributed by atoms with Gasteiger partial charge in [0.05, 0.1) is 0 Å². The van der Waals surface area contributed by atoms with Gasteiger partial charge in [-0.1, -0.05) is 34.5 Å². The highest BCUT2D eigenvalue weighted by molar-refractivity contribution is 9.09. The van der Waals surface area contributed by atoms with Crippen molar-refractivity contribution in [1.29, 1.82) is 0 Å². The average Bonchev–Trinajstić information content (AvgIpc) is 2.63. The summed E-state index contributed by atoms with van der Waals surface area (Å²) in [7, 11) is 0. The third-order valence-electron chi connectivity index (χ3n) is 2.31. The van der Waals surface area contributed by atoms with Gasteiger partial charge in [-0.15, -0.1) is 0 Å². The first-order chi connectivity index (χ1) is 7.27. The van der Waals surface area contributed by atoms with Gasteiger partial charge in [-0.05, 0) is 19.8 Å². The maximum atomic E-state index is 4.39. The minimum Gasteiger partial charge on any atom is -0.335 e. The zero-order valence-electron chi connectivity index (χ0n) is 9.54. The molecule has 0 amide bonds. The largest absolute Gasteiger partial charge is 0.335 e. The van der Waals surface area contributed by atoms with Crippen molar-refractivity contribution >= 4 is 15.9 Å². The fraction of sp³-hybridized carbons (Fsp3) is 0.583. The summed E-state index contributed by atoms with van der Waals surface area (Å²) in [4.78, 5) is 4.39. The van der Waals surface area contributed by atoms with Crippen molar-refractivity contribution in [1.82, 2.24) is 9.55 Å². The second-order valence-electron chi connectivity index (χ2n) is 3.74. The van der Waals surface area contributed by atoms with Gasteiger partial charge >= 0.3 is 0 Å². The van der Waals surface area contributed by atoms with E-state index >= 15 is 0 Å². The van der Waals surface area contributed by atoms with Crippen molar-refractivity contribution in [3.63, 3.8) is 0 Å². The van der Waals surface area contributed by atoms with Gasteiger partial charge in [-0.3, -0.25) is 0 Å². The fourth-order valence-corrected chi connectivity index (χ4v) is 1.80. The van der Waals surface area contributed by atoms with E-state index in [1.54, 1.807) is 0 Å². The van der Waals surface area contributed by atoms with Gasteiger partial charge < -0.3 is 4.57 Å². The maximum Gasteiger partial charge on any atom is 0.112 e. The van der Waals surface area contributed by atoms with E-state index in [1.165, 1.54) is 11.4 Å². The van der Waals surface area contributed by atoms with E-state index in [-0.39, 0.29) is 0 Å². The number of rotatable bonds is 6. The van der Waals surface area contributed by atoms with Gasteiger partial charge in [0, 0.05) is 30.7 Å². The molecule has 2 nitrogen and oxygen atoms in total. The van der Waals surface area contributed by atoms with Crippen molar-refractivity contribution in [3.05, 3.63) is 29.9 Å². The number of alkyl halides is 1. The van der Waals surface area contributed by atoms with Crippen molar-refractivity contribution < 1.29 is 0 Å². The predicted molar refractivity (Wildman–Crippen MR) is 68.4 cm³/mol. The smallest absolute Gasteiger partial charge is 0.112 e. The van der Waals surface area contributed by atoms with E-state index < -0.39 is 0 Å². The lowest BCUT2D eigenvalue weighted by Gasteiger charge is -2.06. The summed E-state index contributed by atoms with van der Waals surface area (Å²) in [5.74, 6) is 1.18. The second-order valence-corrected chi connectivity index (χ2v) is 4.53. The summed E-state index contributed by atoms with van der Waals surface area (Å²) in [6, 6.07) is 0. The molecule has 0 aliphatic heterocycles. The Bertz CT molecular complexity index is 315. The van der Waals surface area contributed by atoms with Gasteiger partial charge in [0.25, 0.3) is 0 Å². The third-order valence-corrected chi connectivity index (χ3v) is 2.76. The number of aryl methyl sites for hydroxylation is 1. The van der Waals surface area contributed by atoms with Crippen LogP contribution in [0.2, 0.25) is 0 Å². The molecule has 0 spiro atoms. The van der Waals surface area contributed by atoms with Crippen LogP contribution in [0.3, 0.4) is 0 Å². The molecule has 0 N–H and O–H groups in total. The molecule has 0 saturated heterocycles. The first-order valence-electron chi connectivity index (χ1n) is 5.49. The first kappa shape index (κ1) is 12.5. The molecule has 15 heavy (non-hydrogen) atoms. The molecular weight excluding hydrogens is 252 g/mol. The summed E-state index contributed by atoms with van der Waals surface area (Å²) < 4.78 is 2.24. The molecule has 1 aromatic rings. The quantitative estimate of drug-likeness (QED) is 0.571. The number of halogens is 1. The lowest BCUT2D eigenvalue weighted by atomic mass is 10.2. The average molecular weight is 271 g/mol. The van der Waals surface area contributed by atoms with Gasteiger partial charge in [-0.25, -0.2) is 4.98 Å². The molecular formula is C12H19BrN2. The summed E-state index contributed by atoms with van der Waals surface area (Å²) in [6.07, 6.45) is 9.47. The molecule has 0 atom stereocenters. The summed E-state index contributed by atoms with van der Waals surface area (Å²) in [5.41, 5.74) is 1.40. The van der Waals surface area contributed by atoms with E-state index in [0.29, 0.717) is 0 Å². The lowest BCUT2D eigenvalue weighted by Crippen LogP contribution is -2.03. The van der Waals surface area contributed by atoms with Crippen molar-refractivity contribution in [2.24, 2.45) is 0 Å². The predicted octanol–water partition coefficient (Wildman–Crippen LogP) is 3.57. The minimum atomic E-state index is 0.972. The molecule has 1 rings (SSSR count). The van der Waals surface area contributed by atoms with Gasteiger partial charge in [0.15, 0.2) is 0 Å². The number of imidazole rings is 1. The van der Waals surface area contributed by atoms with E-state index in [0.717, 1.165) is 31.1 Å². The Kier molecular flexibility index (Phi) is 5.69. The molecule has 1 aromatic heterocycles. The van der Waals surface area contributed by atoms with E-state index in [2.05, 4.69) is 51.6 Å². The molecule has 84 valence electrons. The molecule has 1 heterocycles. The molecule has 0 radical (unpaired) electrons. The van der Waals surface area contributed by atoms with Crippen LogP contribution in [-0.2, 0) is 13.0 Å². The number of hydrogen-bond donors (Lipinski definition) is 0. The van der Waals surface area contributed by atoms with Crippen LogP contribution in [0, 0.1) is 0 Å². The molecule has 0 saturated carbocycles. The third kappa shape index (κ3) is 4.20. The number of nitrogens with zero attached hydrogens (tertiary/aromatic N) is 2. The molecule has 0 aliphatic rings. The molecule has 3 heteroatoms. The van der Waals surface area contributed by atoms with Crippen LogP contribution in [0.1, 0.15) is 32.5 Å². The number of allylic oxidation sites excluding steroid dienone is 2. The summed E-state index contributed by atoms with van der Waals surface area (Å²) >= 11 is 3.43. The lowest BCUT2D eigenvalue weighted by molar-refractivity contribution is 0.645. The molecule has 0 unspecified atom stereocenters. The van der Waals surface area contributed by atoms with Crippen LogP contribution in [0.5, 0.6) is 0 Å². The van der Waals surface area contributed by atoms with Crippen molar-refractivity contribution in [2.45, 2.75) is 39.7 Å². The van der Waals surface area contributed by atoms with Gasteiger partial charge in [0.2, 0.25) is 0 Å². The van der Waals surface area contributed by atoms with Gasteiger partial charge in [-0.2, -0.15) is 0 Å². The van der Waals surface area contributed by atoms with Crippen LogP contribution < -0.4 is 0 Å². The van der Waals surface area contributed by atoms with Crippen molar-refractivity contribution in [2.75, 3.05) is 5.33 Å². The SMILES string of the molecule is CCCn1ccnc1CC(C)=CCCBr. The Labute approximate surface area is 101 Å². The Balaban J connectivity index is 2.59. The maximum absolute atomic E-state index is 4.39. The Morgan fingerprint density at radius 3 is 3.07 bits per heavy atom. The Morgan fingerprint density at radius 1 is 1.60 bits per heavy atom. The molecule has 0 aliphatic carbocycles. The molecule has 0 fully saturated rings. The van der Waals surface area contributed by atoms with Gasteiger partial charge in [0.1, 0.15) is 5.82 Å². The number of hydrogen-bond acceptors (Lipinski definition) is 1. The zero-order chi connectivity index (χ0) is 11.1. The van der Waals surface area contributed by atoms with E-state index in [4.69, 9.17) is 0 Å². The fourth-order valence-electron chi connectivity index (χ4n) is 1.57. The molecule has 0 aromatic carbocycles. The van der Waals surface area contributed by atoms with Crippen LogP contribution in [0.25, 0.3) is 0 Å². The standard InChI is InChI=1S/C12H19BrN2/c1-3-8-15-9-7-14-12(15)10-11(2)5-4-6-13/h5,7,9H,3-4,6,8,10H2,1-2H3. The van der Waals surface area contributed by atoms with Crippen LogP contribution in [0.4, 0.5) is 0 Å². The van der Waals surface area contributed by atoms with Crippen LogP contribution >= 0.6 is 15.9 Å². The number of aromatic nitrogens is 2. The topological polar surface area (TPSA) is 17.8 Å². The van der Waals surface area contributed by atoms with Crippen LogP contribution in [0.15, 0.2) is 24.0 Å². The second kappa shape index (κ2) is 6.83. The highest BCUT2D eigenvalue weighted by atomic mass is 79.9. The highest BCUT2D eigenvalue weighted by Crippen LogP contribution is 2.08. The van der Waals surface area contributed by atoms with E-state index in [9.17, 15) is 0 Å². The zero-order valence-corrected chi connectivity index (χ0v) is 11.1. The summed E-state index contributed by atoms with van der Waals surface area (Å²) in [6.45, 7) is 5.44. The first-order valence-corrected chi connectivity index (χ1v) is 6.61. The molecule has 0 bridgehead atoms. The van der Waals surface area contributed by atoms with Crippen molar-refractivity contribution in [3.8, 4) is 0 Å². The summed E-state index contributed by atoms with van der Waals surface area (Å²) in [5, 5.41) is 1.04. The normalized spacial score (nSPS) is 12.1. The van der Waals surface area contributed by atoms with Crippen LogP contribution in [-0.4, -0.2) is 14.9 Å². The minimum absolute atomic E-state index is 0.972. The Hall–Kier alpha value is -0.570. The highest BCUT2D eigenvalue weighted by Gasteiger charge is 2.02. The Morgan fingerprint density at radius 2 is 2.40 bits per heavy atom.